The first-order chi connectivity index (χ1) is 28.0. The fraction of sp³-hybridized carbons (Fsp3) is 0.824. The standard InChI is InChI=1S/C51H95NO5/c1-3-5-7-9-11-13-15-17-19-21-22-23-24-25-26-27-29-31-33-35-37-39-41-43-45-49(55)51(57)52-47(46-53)50(56)48(54)44-42-40-38-36-34-32-30-28-20-18-16-14-12-10-8-6-4-2/h22-23,25-26,28,30,36,38,47-50,53-56H,3-21,24,27,29,31-35,37,39-46H2,1-2H3,(H,52,57)/b23-22-,26-25-,30-28+,38-36+. The average Bonchev–Trinajstić information content (AvgIpc) is 3.22. The van der Waals surface area contributed by atoms with Gasteiger partial charge in [-0.3, -0.25) is 4.79 Å². The normalized spacial score (nSPS) is 14.4. The van der Waals surface area contributed by atoms with Crippen LogP contribution in [0.1, 0.15) is 239 Å². The quantitative estimate of drug-likeness (QED) is 0.0311. The van der Waals surface area contributed by atoms with Crippen molar-refractivity contribution >= 4 is 5.91 Å². The maximum atomic E-state index is 12.5. The first-order valence-electron chi connectivity index (χ1n) is 24.5. The third kappa shape index (κ3) is 39.5. The van der Waals surface area contributed by atoms with E-state index in [0.717, 1.165) is 51.4 Å². The number of aliphatic hydroxyl groups is 4. The van der Waals surface area contributed by atoms with Crippen LogP contribution in [0.15, 0.2) is 48.6 Å². The fourth-order valence-electron chi connectivity index (χ4n) is 7.33. The molecule has 0 aromatic rings. The molecule has 0 radical (unpaired) electrons. The molecule has 0 aromatic carbocycles. The second-order valence-corrected chi connectivity index (χ2v) is 16.8. The molecule has 4 atom stereocenters. The lowest BCUT2D eigenvalue weighted by atomic mass is 10.00. The van der Waals surface area contributed by atoms with Crippen molar-refractivity contribution in [2.45, 2.75) is 263 Å². The summed E-state index contributed by atoms with van der Waals surface area (Å²) in [5, 5.41) is 43.8. The Morgan fingerprint density at radius 2 is 0.789 bits per heavy atom. The first kappa shape index (κ1) is 55.3. The van der Waals surface area contributed by atoms with Crippen molar-refractivity contribution in [2.24, 2.45) is 0 Å². The van der Waals surface area contributed by atoms with Crippen LogP contribution in [0.25, 0.3) is 0 Å². The van der Waals surface area contributed by atoms with Gasteiger partial charge in [-0.25, -0.2) is 0 Å². The number of hydrogen-bond donors (Lipinski definition) is 5. The van der Waals surface area contributed by atoms with Crippen LogP contribution in [0.4, 0.5) is 0 Å². The van der Waals surface area contributed by atoms with Crippen LogP contribution in [-0.4, -0.2) is 57.3 Å². The van der Waals surface area contributed by atoms with Crippen LogP contribution in [-0.2, 0) is 4.79 Å². The Morgan fingerprint density at radius 3 is 1.21 bits per heavy atom. The zero-order valence-corrected chi connectivity index (χ0v) is 37.6. The number of unbranched alkanes of at least 4 members (excludes halogenated alkanes) is 27. The summed E-state index contributed by atoms with van der Waals surface area (Å²) in [5.41, 5.74) is 0. The first-order valence-corrected chi connectivity index (χ1v) is 24.5. The minimum Gasteiger partial charge on any atom is -0.394 e. The Morgan fingerprint density at radius 1 is 0.439 bits per heavy atom. The molecule has 6 nitrogen and oxygen atoms in total. The van der Waals surface area contributed by atoms with Gasteiger partial charge in [-0.05, 0) is 83.5 Å². The monoisotopic (exact) mass is 802 g/mol. The van der Waals surface area contributed by atoms with E-state index >= 15 is 0 Å². The van der Waals surface area contributed by atoms with E-state index in [-0.39, 0.29) is 0 Å². The van der Waals surface area contributed by atoms with E-state index in [9.17, 15) is 25.2 Å². The van der Waals surface area contributed by atoms with Crippen LogP contribution in [0.5, 0.6) is 0 Å². The molecule has 6 heteroatoms. The van der Waals surface area contributed by atoms with E-state index in [1.807, 2.05) is 0 Å². The Labute approximate surface area is 353 Å². The van der Waals surface area contributed by atoms with Gasteiger partial charge >= 0.3 is 0 Å². The molecule has 1 amide bonds. The Balaban J connectivity index is 3.77. The number of rotatable bonds is 44. The minimum absolute atomic E-state index is 0.352. The minimum atomic E-state index is -1.29. The largest absolute Gasteiger partial charge is 0.394 e. The molecule has 5 N–H and O–H groups in total. The maximum absolute atomic E-state index is 12.5. The number of hydrogen-bond acceptors (Lipinski definition) is 5. The highest BCUT2D eigenvalue weighted by atomic mass is 16.3. The number of carbonyl (C=O) groups is 1. The van der Waals surface area contributed by atoms with Gasteiger partial charge in [-0.15, -0.1) is 0 Å². The van der Waals surface area contributed by atoms with Crippen LogP contribution in [0, 0.1) is 0 Å². The van der Waals surface area contributed by atoms with Crippen molar-refractivity contribution in [2.75, 3.05) is 6.61 Å². The van der Waals surface area contributed by atoms with E-state index in [0.29, 0.717) is 19.3 Å². The summed E-state index contributed by atoms with van der Waals surface area (Å²) in [6, 6.07) is -1.01. The highest BCUT2D eigenvalue weighted by Gasteiger charge is 2.28. The van der Waals surface area contributed by atoms with E-state index in [4.69, 9.17) is 0 Å². The molecular weight excluding hydrogens is 707 g/mol. The Hall–Kier alpha value is -1.73. The highest BCUT2D eigenvalue weighted by Crippen LogP contribution is 2.15. The summed E-state index contributed by atoms with van der Waals surface area (Å²) in [4.78, 5) is 12.5. The van der Waals surface area contributed by atoms with Gasteiger partial charge in [0.25, 0.3) is 0 Å². The Kier molecular flexibility index (Phi) is 44.0. The van der Waals surface area contributed by atoms with Gasteiger partial charge in [0.15, 0.2) is 0 Å². The topological polar surface area (TPSA) is 110 Å². The highest BCUT2D eigenvalue weighted by molar-refractivity contribution is 5.80. The number of carbonyl (C=O) groups excluding carboxylic acids is 1. The molecule has 0 spiro atoms. The molecule has 4 unspecified atom stereocenters. The number of allylic oxidation sites excluding steroid dienone is 8. The molecule has 0 aromatic heterocycles. The summed E-state index contributed by atoms with van der Waals surface area (Å²) in [6.45, 7) is 4.04. The SMILES string of the molecule is CCCCCCCCCC/C=C/CC/C=C/CCCC(O)C(O)C(CO)NC(=O)C(O)CCCCCCCCCC/C=C\C/C=C\CCCCCCCCCCC. The lowest BCUT2D eigenvalue weighted by Gasteiger charge is -2.27. The lowest BCUT2D eigenvalue weighted by molar-refractivity contribution is -0.132. The molecule has 0 aliphatic heterocycles. The van der Waals surface area contributed by atoms with E-state index in [1.54, 1.807) is 0 Å². The maximum Gasteiger partial charge on any atom is 0.249 e. The van der Waals surface area contributed by atoms with E-state index in [2.05, 4.69) is 67.8 Å². The van der Waals surface area contributed by atoms with E-state index in [1.165, 1.54) is 154 Å². The van der Waals surface area contributed by atoms with Gasteiger partial charge in [-0.1, -0.05) is 204 Å². The van der Waals surface area contributed by atoms with Crippen LogP contribution >= 0.6 is 0 Å². The molecule has 334 valence electrons. The summed E-state index contributed by atoms with van der Waals surface area (Å²) in [5.74, 6) is -0.603. The predicted molar refractivity (Wildman–Crippen MR) is 247 cm³/mol. The van der Waals surface area contributed by atoms with Crippen molar-refractivity contribution in [3.05, 3.63) is 48.6 Å². The third-order valence-electron chi connectivity index (χ3n) is 11.2. The second-order valence-electron chi connectivity index (χ2n) is 16.8. The molecule has 0 aliphatic carbocycles. The van der Waals surface area contributed by atoms with Crippen LogP contribution < -0.4 is 5.32 Å². The lowest BCUT2D eigenvalue weighted by Crippen LogP contribution is -2.53. The molecule has 57 heavy (non-hydrogen) atoms. The summed E-state index contributed by atoms with van der Waals surface area (Å²) >= 11 is 0. The van der Waals surface area contributed by atoms with Crippen molar-refractivity contribution in [3.8, 4) is 0 Å². The average molecular weight is 802 g/mol. The molecule has 0 aliphatic rings. The third-order valence-corrected chi connectivity index (χ3v) is 11.2. The summed E-state index contributed by atoms with van der Waals surface area (Å²) < 4.78 is 0. The molecule has 0 heterocycles. The van der Waals surface area contributed by atoms with Crippen molar-refractivity contribution in [3.63, 3.8) is 0 Å². The van der Waals surface area contributed by atoms with Crippen LogP contribution in [0.2, 0.25) is 0 Å². The fourth-order valence-corrected chi connectivity index (χ4v) is 7.33. The summed E-state index contributed by atoms with van der Waals surface area (Å²) in [6.07, 6.45) is 55.8. The molecule has 0 bridgehead atoms. The van der Waals surface area contributed by atoms with Crippen molar-refractivity contribution in [1.29, 1.82) is 0 Å². The van der Waals surface area contributed by atoms with Gasteiger partial charge in [0.05, 0.1) is 18.8 Å². The zero-order chi connectivity index (χ0) is 41.7. The molecule has 0 fully saturated rings. The number of amides is 1. The molecule has 0 saturated carbocycles. The van der Waals surface area contributed by atoms with Gasteiger partial charge in [0.1, 0.15) is 12.2 Å². The molecule has 0 rings (SSSR count). The Bertz CT molecular complexity index is 946. The number of nitrogens with one attached hydrogen (secondary N) is 1. The predicted octanol–water partition coefficient (Wildman–Crippen LogP) is 13.5. The van der Waals surface area contributed by atoms with Gasteiger partial charge < -0.3 is 25.7 Å². The van der Waals surface area contributed by atoms with Gasteiger partial charge in [0, 0.05) is 0 Å². The second kappa shape index (κ2) is 45.4. The van der Waals surface area contributed by atoms with E-state index < -0.39 is 36.9 Å². The van der Waals surface area contributed by atoms with Gasteiger partial charge in [0.2, 0.25) is 5.91 Å². The number of aliphatic hydroxyl groups excluding tert-OH is 4. The molecule has 0 saturated heterocycles. The van der Waals surface area contributed by atoms with Crippen molar-refractivity contribution < 1.29 is 25.2 Å². The summed E-state index contributed by atoms with van der Waals surface area (Å²) in [7, 11) is 0. The van der Waals surface area contributed by atoms with Gasteiger partial charge in [-0.2, -0.15) is 0 Å². The van der Waals surface area contributed by atoms with Crippen molar-refractivity contribution in [1.82, 2.24) is 5.32 Å². The van der Waals surface area contributed by atoms with Crippen LogP contribution in [0.3, 0.4) is 0 Å². The zero-order valence-electron chi connectivity index (χ0n) is 37.6. The molecular formula is C51H95NO5. The smallest absolute Gasteiger partial charge is 0.249 e.